The average Bonchev–Trinajstić information content (AvgIpc) is 3.23. The minimum absolute atomic E-state index is 0.0633. The van der Waals surface area contributed by atoms with Crippen molar-refractivity contribution in [3.8, 4) is 0 Å². The number of unbranched alkanes of at least 4 members (excludes halogenated alkanes) is 34. The highest BCUT2D eigenvalue weighted by Gasteiger charge is 2.19. The summed E-state index contributed by atoms with van der Waals surface area (Å²) in [6.07, 6.45) is 49.5. The summed E-state index contributed by atoms with van der Waals surface area (Å²) in [5.74, 6) is 0.840. The first-order chi connectivity index (χ1) is 29.7. The highest BCUT2D eigenvalue weighted by atomic mass is 16.6. The maximum Gasteiger partial charge on any atom is 0.306 e. The van der Waals surface area contributed by atoms with Gasteiger partial charge in [0.15, 0.2) is 6.10 Å². The predicted molar refractivity (Wildman–Crippen MR) is 261 cm³/mol. The summed E-state index contributed by atoms with van der Waals surface area (Å²) in [6.45, 7) is 11.4. The van der Waals surface area contributed by atoms with Crippen LogP contribution in [-0.4, -0.2) is 37.2 Å². The minimum Gasteiger partial charge on any atom is -0.462 e. The molecule has 6 heteroatoms. The second-order valence-corrected chi connectivity index (χ2v) is 19.8. The van der Waals surface area contributed by atoms with Crippen LogP contribution < -0.4 is 0 Å². The molecular formula is C55H106O6. The van der Waals surface area contributed by atoms with E-state index in [1.165, 1.54) is 193 Å². The van der Waals surface area contributed by atoms with Crippen LogP contribution in [0.15, 0.2) is 0 Å². The van der Waals surface area contributed by atoms with Crippen molar-refractivity contribution in [1.29, 1.82) is 0 Å². The van der Waals surface area contributed by atoms with Gasteiger partial charge in [-0.15, -0.1) is 0 Å². The molecule has 0 aromatic carbocycles. The van der Waals surface area contributed by atoms with Crippen LogP contribution in [0.3, 0.4) is 0 Å². The van der Waals surface area contributed by atoms with E-state index in [0.717, 1.165) is 69.6 Å². The molecule has 0 saturated heterocycles. The average molecular weight is 863 g/mol. The summed E-state index contributed by atoms with van der Waals surface area (Å²) in [7, 11) is 0. The molecule has 0 aliphatic rings. The van der Waals surface area contributed by atoms with Gasteiger partial charge in [0.2, 0.25) is 0 Å². The Morgan fingerprint density at radius 1 is 0.311 bits per heavy atom. The van der Waals surface area contributed by atoms with E-state index >= 15 is 0 Å². The number of hydrogen-bond acceptors (Lipinski definition) is 6. The summed E-state index contributed by atoms with van der Waals surface area (Å²) in [4.78, 5) is 37.9. The quantitative estimate of drug-likeness (QED) is 0.0344. The smallest absolute Gasteiger partial charge is 0.306 e. The van der Waals surface area contributed by atoms with Gasteiger partial charge in [-0.05, 0) is 31.1 Å². The highest BCUT2D eigenvalue weighted by molar-refractivity contribution is 5.71. The van der Waals surface area contributed by atoms with Crippen molar-refractivity contribution in [3.05, 3.63) is 0 Å². The van der Waals surface area contributed by atoms with E-state index in [9.17, 15) is 14.4 Å². The second kappa shape index (κ2) is 47.9. The lowest BCUT2D eigenvalue weighted by molar-refractivity contribution is -0.167. The molecule has 0 aromatic rings. The molecule has 0 aliphatic carbocycles. The summed E-state index contributed by atoms with van der Waals surface area (Å²) >= 11 is 0. The van der Waals surface area contributed by atoms with Gasteiger partial charge in [-0.25, -0.2) is 0 Å². The fourth-order valence-electron chi connectivity index (χ4n) is 8.34. The largest absolute Gasteiger partial charge is 0.462 e. The van der Waals surface area contributed by atoms with E-state index in [1.54, 1.807) is 0 Å². The molecule has 0 heterocycles. The zero-order valence-corrected chi connectivity index (χ0v) is 41.8. The summed E-state index contributed by atoms with van der Waals surface area (Å²) in [5.41, 5.74) is 0. The van der Waals surface area contributed by atoms with Gasteiger partial charge in [0, 0.05) is 19.3 Å². The van der Waals surface area contributed by atoms with Crippen LogP contribution >= 0.6 is 0 Å². The molecule has 61 heavy (non-hydrogen) atoms. The lowest BCUT2D eigenvalue weighted by atomic mass is 10.0. The van der Waals surface area contributed by atoms with Crippen molar-refractivity contribution in [2.24, 2.45) is 11.8 Å². The van der Waals surface area contributed by atoms with E-state index in [4.69, 9.17) is 14.2 Å². The molecule has 0 saturated carbocycles. The van der Waals surface area contributed by atoms with E-state index < -0.39 is 6.10 Å². The van der Waals surface area contributed by atoms with E-state index in [1.807, 2.05) is 0 Å². The van der Waals surface area contributed by atoms with Crippen molar-refractivity contribution in [2.75, 3.05) is 13.2 Å². The van der Waals surface area contributed by atoms with E-state index in [-0.39, 0.29) is 31.1 Å². The Kier molecular flexibility index (Phi) is 46.6. The Labute approximate surface area is 380 Å². The van der Waals surface area contributed by atoms with E-state index in [0.29, 0.717) is 19.3 Å². The van der Waals surface area contributed by atoms with Gasteiger partial charge in [0.25, 0.3) is 0 Å². The molecule has 0 radical (unpaired) electrons. The second-order valence-electron chi connectivity index (χ2n) is 19.8. The lowest BCUT2D eigenvalue weighted by Gasteiger charge is -2.18. The van der Waals surface area contributed by atoms with Crippen LogP contribution in [0.4, 0.5) is 0 Å². The standard InChI is InChI=1S/C55H106O6/c1-6-7-8-9-10-23-32-37-42-47-55(58)61-52(49-60-54(57)46-41-36-31-27-22-18-17-20-25-29-34-39-44-51(4)5)48-59-53(56)45-40-35-30-26-21-16-14-12-11-13-15-19-24-28-33-38-43-50(2)3/h50-52H,6-49H2,1-5H3/t52-/m0/s1. The molecule has 0 amide bonds. The molecule has 1 atom stereocenters. The number of carbonyl (C=O) groups excluding carboxylic acids is 3. The number of esters is 3. The maximum atomic E-state index is 12.7. The Balaban J connectivity index is 4.20. The molecular weight excluding hydrogens is 757 g/mol. The first-order valence-corrected chi connectivity index (χ1v) is 27.2. The summed E-state index contributed by atoms with van der Waals surface area (Å²) < 4.78 is 16.8. The van der Waals surface area contributed by atoms with Gasteiger partial charge in [-0.1, -0.05) is 266 Å². The number of carbonyl (C=O) groups is 3. The topological polar surface area (TPSA) is 78.9 Å². The molecule has 0 aromatic heterocycles. The molecule has 362 valence electrons. The fourth-order valence-corrected chi connectivity index (χ4v) is 8.34. The normalized spacial score (nSPS) is 12.0. The van der Waals surface area contributed by atoms with Crippen LogP contribution in [-0.2, 0) is 28.6 Å². The number of ether oxygens (including phenoxy) is 3. The molecule has 0 unspecified atom stereocenters. The monoisotopic (exact) mass is 863 g/mol. The first-order valence-electron chi connectivity index (χ1n) is 27.2. The van der Waals surface area contributed by atoms with Crippen molar-refractivity contribution >= 4 is 17.9 Å². The molecule has 0 rings (SSSR count). The number of hydrogen-bond donors (Lipinski definition) is 0. The third kappa shape index (κ3) is 49.3. The predicted octanol–water partition coefficient (Wildman–Crippen LogP) is 17.7. The van der Waals surface area contributed by atoms with Crippen LogP contribution in [0.25, 0.3) is 0 Å². The maximum absolute atomic E-state index is 12.7. The summed E-state index contributed by atoms with van der Waals surface area (Å²) in [5, 5.41) is 0. The Hall–Kier alpha value is -1.59. The third-order valence-electron chi connectivity index (χ3n) is 12.5. The minimum atomic E-state index is -0.761. The SMILES string of the molecule is CCCCCCCCCCCC(=O)O[C@@H](COC(=O)CCCCCCCCCCCCCCCCCCC(C)C)COC(=O)CCCCCCCCCCCCCCC(C)C. The fraction of sp³-hybridized carbons (Fsp3) is 0.945. The zero-order valence-electron chi connectivity index (χ0n) is 41.8. The molecule has 0 aliphatic heterocycles. The highest BCUT2D eigenvalue weighted by Crippen LogP contribution is 2.18. The summed E-state index contributed by atoms with van der Waals surface area (Å²) in [6, 6.07) is 0. The number of rotatable bonds is 49. The Morgan fingerprint density at radius 3 is 0.803 bits per heavy atom. The zero-order chi connectivity index (χ0) is 44.7. The van der Waals surface area contributed by atoms with Crippen LogP contribution in [0.5, 0.6) is 0 Å². The van der Waals surface area contributed by atoms with Gasteiger partial charge in [0.1, 0.15) is 13.2 Å². The van der Waals surface area contributed by atoms with Gasteiger partial charge >= 0.3 is 17.9 Å². The van der Waals surface area contributed by atoms with Crippen molar-refractivity contribution in [2.45, 2.75) is 310 Å². The van der Waals surface area contributed by atoms with Crippen LogP contribution in [0.2, 0.25) is 0 Å². The third-order valence-corrected chi connectivity index (χ3v) is 12.5. The van der Waals surface area contributed by atoms with Crippen molar-refractivity contribution in [1.82, 2.24) is 0 Å². The van der Waals surface area contributed by atoms with E-state index in [2.05, 4.69) is 34.6 Å². The molecule has 0 spiro atoms. The van der Waals surface area contributed by atoms with Gasteiger partial charge in [-0.3, -0.25) is 14.4 Å². The van der Waals surface area contributed by atoms with Crippen LogP contribution in [0.1, 0.15) is 304 Å². The van der Waals surface area contributed by atoms with Crippen molar-refractivity contribution in [3.63, 3.8) is 0 Å². The molecule has 0 fully saturated rings. The van der Waals surface area contributed by atoms with Crippen molar-refractivity contribution < 1.29 is 28.6 Å². The molecule has 6 nitrogen and oxygen atoms in total. The lowest BCUT2D eigenvalue weighted by Crippen LogP contribution is -2.30. The molecule has 0 bridgehead atoms. The Bertz CT molecular complexity index is 931. The van der Waals surface area contributed by atoms with Gasteiger partial charge in [0.05, 0.1) is 0 Å². The first kappa shape index (κ1) is 59.4. The Morgan fingerprint density at radius 2 is 0.541 bits per heavy atom. The van der Waals surface area contributed by atoms with Gasteiger partial charge in [-0.2, -0.15) is 0 Å². The molecule has 0 N–H and O–H groups in total. The van der Waals surface area contributed by atoms with Crippen LogP contribution in [0, 0.1) is 11.8 Å². The van der Waals surface area contributed by atoms with Gasteiger partial charge < -0.3 is 14.2 Å².